The molecule has 0 saturated heterocycles. The molecule has 0 atom stereocenters. The minimum Gasteiger partial charge on any atom is -0.491 e. The Labute approximate surface area is 99.7 Å². The molecule has 2 nitrogen and oxygen atoms in total. The van der Waals surface area contributed by atoms with Crippen LogP contribution in [0.2, 0.25) is 0 Å². The molecule has 1 aromatic carbocycles. The second-order valence-electron chi connectivity index (χ2n) is 3.68. The van der Waals surface area contributed by atoms with Gasteiger partial charge in [0.1, 0.15) is 12.4 Å². The summed E-state index contributed by atoms with van der Waals surface area (Å²) in [6.45, 7) is 7.31. The van der Waals surface area contributed by atoms with Crippen LogP contribution >= 0.6 is 15.9 Å². The maximum Gasteiger partial charge on any atom is 0.119 e. The molecule has 0 aromatic heterocycles. The minimum atomic E-state index is 0.264. The number of hydrogen-bond donors (Lipinski definition) is 0. The summed E-state index contributed by atoms with van der Waals surface area (Å²) < 4.78 is 12.0. The SMILES string of the molecule is Cc1cc(OCCOC(C)C)ccc1Br. The van der Waals surface area contributed by atoms with Gasteiger partial charge in [-0.15, -0.1) is 0 Å². The van der Waals surface area contributed by atoms with Crippen LogP contribution in [0.4, 0.5) is 0 Å². The van der Waals surface area contributed by atoms with Crippen molar-refractivity contribution in [3.05, 3.63) is 28.2 Å². The summed E-state index contributed by atoms with van der Waals surface area (Å²) in [4.78, 5) is 0. The Balaban J connectivity index is 2.35. The molecule has 1 rings (SSSR count). The van der Waals surface area contributed by atoms with Gasteiger partial charge in [0.05, 0.1) is 12.7 Å². The molecule has 0 bridgehead atoms. The van der Waals surface area contributed by atoms with Gasteiger partial charge in [0.25, 0.3) is 0 Å². The molecule has 0 aliphatic heterocycles. The molecule has 0 radical (unpaired) electrons. The first-order valence-corrected chi connectivity index (χ1v) is 5.89. The highest BCUT2D eigenvalue weighted by atomic mass is 79.9. The molecule has 15 heavy (non-hydrogen) atoms. The third-order valence-electron chi connectivity index (χ3n) is 1.93. The Morgan fingerprint density at radius 2 is 2.00 bits per heavy atom. The van der Waals surface area contributed by atoms with Crippen LogP contribution in [0.3, 0.4) is 0 Å². The average molecular weight is 273 g/mol. The van der Waals surface area contributed by atoms with E-state index in [1.807, 2.05) is 39.0 Å². The van der Waals surface area contributed by atoms with Crippen molar-refractivity contribution in [1.29, 1.82) is 0 Å². The van der Waals surface area contributed by atoms with E-state index in [1.54, 1.807) is 0 Å². The van der Waals surface area contributed by atoms with E-state index < -0.39 is 0 Å². The Hall–Kier alpha value is -0.540. The lowest BCUT2D eigenvalue weighted by molar-refractivity contribution is 0.0552. The molecule has 0 unspecified atom stereocenters. The molecule has 0 aliphatic rings. The Morgan fingerprint density at radius 1 is 1.27 bits per heavy atom. The van der Waals surface area contributed by atoms with Crippen molar-refractivity contribution in [2.24, 2.45) is 0 Å². The van der Waals surface area contributed by atoms with Gasteiger partial charge in [-0.1, -0.05) is 15.9 Å². The first-order chi connectivity index (χ1) is 7.09. The van der Waals surface area contributed by atoms with Crippen molar-refractivity contribution in [1.82, 2.24) is 0 Å². The topological polar surface area (TPSA) is 18.5 Å². The normalized spacial score (nSPS) is 10.7. The third kappa shape index (κ3) is 4.67. The quantitative estimate of drug-likeness (QED) is 0.764. The van der Waals surface area contributed by atoms with E-state index in [-0.39, 0.29) is 6.10 Å². The number of rotatable bonds is 5. The van der Waals surface area contributed by atoms with Crippen molar-refractivity contribution in [2.75, 3.05) is 13.2 Å². The molecular formula is C12H17BrO2. The van der Waals surface area contributed by atoms with Gasteiger partial charge in [0.15, 0.2) is 0 Å². The van der Waals surface area contributed by atoms with E-state index in [1.165, 1.54) is 5.56 Å². The maximum atomic E-state index is 5.55. The van der Waals surface area contributed by atoms with Crippen molar-refractivity contribution >= 4 is 15.9 Å². The zero-order valence-electron chi connectivity index (χ0n) is 9.42. The maximum absolute atomic E-state index is 5.55. The number of hydrogen-bond acceptors (Lipinski definition) is 2. The van der Waals surface area contributed by atoms with Crippen LogP contribution < -0.4 is 4.74 Å². The lowest BCUT2D eigenvalue weighted by Crippen LogP contribution is -2.11. The molecule has 0 aliphatic carbocycles. The number of ether oxygens (including phenoxy) is 2. The number of benzene rings is 1. The van der Waals surface area contributed by atoms with Crippen LogP contribution in [-0.2, 0) is 4.74 Å². The van der Waals surface area contributed by atoms with Gasteiger partial charge >= 0.3 is 0 Å². The molecule has 1 aromatic rings. The van der Waals surface area contributed by atoms with Crippen molar-refractivity contribution < 1.29 is 9.47 Å². The van der Waals surface area contributed by atoms with Gasteiger partial charge in [-0.3, -0.25) is 0 Å². The van der Waals surface area contributed by atoms with Gasteiger partial charge in [-0.05, 0) is 44.5 Å². The first-order valence-electron chi connectivity index (χ1n) is 5.10. The van der Waals surface area contributed by atoms with Crippen LogP contribution in [0, 0.1) is 6.92 Å². The summed E-state index contributed by atoms with van der Waals surface area (Å²) in [5, 5.41) is 0. The van der Waals surface area contributed by atoms with Crippen molar-refractivity contribution in [3.63, 3.8) is 0 Å². The van der Waals surface area contributed by atoms with Gasteiger partial charge in [-0.2, -0.15) is 0 Å². The van der Waals surface area contributed by atoms with Crippen LogP contribution in [0.1, 0.15) is 19.4 Å². The summed E-state index contributed by atoms with van der Waals surface area (Å²) in [6, 6.07) is 5.96. The molecular weight excluding hydrogens is 256 g/mol. The van der Waals surface area contributed by atoms with E-state index in [0.29, 0.717) is 13.2 Å². The lowest BCUT2D eigenvalue weighted by atomic mass is 10.2. The van der Waals surface area contributed by atoms with E-state index in [0.717, 1.165) is 10.2 Å². The zero-order valence-corrected chi connectivity index (χ0v) is 11.0. The van der Waals surface area contributed by atoms with Gasteiger partial charge in [0.2, 0.25) is 0 Å². The van der Waals surface area contributed by atoms with Gasteiger partial charge in [0, 0.05) is 4.47 Å². The van der Waals surface area contributed by atoms with Crippen molar-refractivity contribution in [2.45, 2.75) is 26.9 Å². The monoisotopic (exact) mass is 272 g/mol. The summed E-state index contributed by atoms with van der Waals surface area (Å²) in [7, 11) is 0. The summed E-state index contributed by atoms with van der Waals surface area (Å²) in [5.74, 6) is 0.892. The van der Waals surface area contributed by atoms with Gasteiger partial charge < -0.3 is 9.47 Å². The number of halogens is 1. The summed E-state index contributed by atoms with van der Waals surface area (Å²) >= 11 is 3.45. The largest absolute Gasteiger partial charge is 0.491 e. The predicted molar refractivity (Wildman–Crippen MR) is 65.5 cm³/mol. The van der Waals surface area contributed by atoms with E-state index in [2.05, 4.69) is 15.9 Å². The standard InChI is InChI=1S/C12H17BrO2/c1-9(2)14-6-7-15-11-4-5-12(13)10(3)8-11/h4-5,8-9H,6-7H2,1-3H3. The van der Waals surface area contributed by atoms with Crippen LogP contribution in [-0.4, -0.2) is 19.3 Å². The molecule has 0 spiro atoms. The molecule has 3 heteroatoms. The lowest BCUT2D eigenvalue weighted by Gasteiger charge is -2.10. The second kappa shape index (κ2) is 6.13. The fourth-order valence-corrected chi connectivity index (χ4v) is 1.40. The Bertz CT molecular complexity index is 310. The Morgan fingerprint density at radius 3 is 2.60 bits per heavy atom. The van der Waals surface area contributed by atoms with Crippen LogP contribution in [0.25, 0.3) is 0 Å². The van der Waals surface area contributed by atoms with Crippen LogP contribution in [0.5, 0.6) is 5.75 Å². The third-order valence-corrected chi connectivity index (χ3v) is 2.82. The molecule has 84 valence electrons. The van der Waals surface area contributed by atoms with E-state index in [9.17, 15) is 0 Å². The van der Waals surface area contributed by atoms with E-state index >= 15 is 0 Å². The smallest absolute Gasteiger partial charge is 0.119 e. The predicted octanol–water partition coefficient (Wildman–Crippen LogP) is 3.56. The average Bonchev–Trinajstić information content (AvgIpc) is 2.18. The summed E-state index contributed by atoms with van der Waals surface area (Å²) in [6.07, 6.45) is 0.264. The van der Waals surface area contributed by atoms with Crippen LogP contribution in [0.15, 0.2) is 22.7 Å². The zero-order chi connectivity index (χ0) is 11.3. The fourth-order valence-electron chi connectivity index (χ4n) is 1.15. The first kappa shape index (κ1) is 12.5. The fraction of sp³-hybridized carbons (Fsp3) is 0.500. The highest BCUT2D eigenvalue weighted by molar-refractivity contribution is 9.10. The number of aryl methyl sites for hydroxylation is 1. The molecule has 0 heterocycles. The van der Waals surface area contributed by atoms with Gasteiger partial charge in [-0.25, -0.2) is 0 Å². The minimum absolute atomic E-state index is 0.264. The Kier molecular flexibility index (Phi) is 5.12. The highest BCUT2D eigenvalue weighted by Crippen LogP contribution is 2.21. The molecule has 0 N–H and O–H groups in total. The second-order valence-corrected chi connectivity index (χ2v) is 4.53. The highest BCUT2D eigenvalue weighted by Gasteiger charge is 1.98. The molecule has 0 fully saturated rings. The van der Waals surface area contributed by atoms with E-state index in [4.69, 9.17) is 9.47 Å². The van der Waals surface area contributed by atoms with Crippen molar-refractivity contribution in [3.8, 4) is 5.75 Å². The molecule has 0 saturated carbocycles. The molecule has 0 amide bonds. The summed E-state index contributed by atoms with van der Waals surface area (Å²) in [5.41, 5.74) is 1.18.